The van der Waals surface area contributed by atoms with Gasteiger partial charge in [-0.3, -0.25) is 0 Å². The molecule has 2 aromatic carbocycles. The third-order valence-corrected chi connectivity index (χ3v) is 5.82. The van der Waals surface area contributed by atoms with E-state index in [-0.39, 0.29) is 22.5 Å². The number of benzene rings is 2. The Balaban J connectivity index is 0.00000196. The minimum atomic E-state index is 0. The molecule has 0 spiro atoms. The second kappa shape index (κ2) is 7.96. The molecule has 2 heterocycles. The Labute approximate surface area is 168 Å². The maximum atomic E-state index is 2.61. The number of piperidine rings is 1. The molecule has 3 heteroatoms. The molecule has 138 valence electrons. The monoisotopic (exact) mass is 412 g/mol. The van der Waals surface area contributed by atoms with E-state index in [9.17, 15) is 0 Å². The summed E-state index contributed by atoms with van der Waals surface area (Å²) < 4.78 is 2.52. The van der Waals surface area contributed by atoms with Crippen molar-refractivity contribution < 1.29 is 21.6 Å². The average molecular weight is 413 g/mol. The van der Waals surface area contributed by atoms with Crippen LogP contribution < -0.4 is 17.0 Å². The summed E-state index contributed by atoms with van der Waals surface area (Å²) in [6, 6.07) is 15.4. The molecule has 0 unspecified atom stereocenters. The van der Waals surface area contributed by atoms with Crippen molar-refractivity contribution in [2.45, 2.75) is 51.6 Å². The molecule has 2 nitrogen and oxygen atoms in total. The summed E-state index contributed by atoms with van der Waals surface area (Å²) in [6.07, 6.45) is 9.91. The summed E-state index contributed by atoms with van der Waals surface area (Å²) in [5.74, 6) is 0. The Hall–Kier alpha value is -1.61. The van der Waals surface area contributed by atoms with Gasteiger partial charge in [0.05, 0.1) is 6.42 Å². The molecule has 2 aliphatic heterocycles. The Morgan fingerprint density at radius 2 is 1.69 bits per heavy atom. The van der Waals surface area contributed by atoms with Crippen LogP contribution in [-0.4, -0.2) is 34.3 Å². The second-order valence-electron chi connectivity index (χ2n) is 8.11. The number of hydrogen-bond donors (Lipinski definition) is 0. The van der Waals surface area contributed by atoms with Crippen molar-refractivity contribution in [1.29, 1.82) is 0 Å². The van der Waals surface area contributed by atoms with E-state index in [1.807, 2.05) is 0 Å². The zero-order chi connectivity index (χ0) is 17.3. The minimum absolute atomic E-state index is 0. The first-order valence-corrected chi connectivity index (χ1v) is 9.66. The number of likely N-dealkylation sites (tertiary alicyclic amines) is 1. The van der Waals surface area contributed by atoms with Crippen molar-refractivity contribution in [1.82, 2.24) is 4.90 Å². The highest BCUT2D eigenvalue weighted by Gasteiger charge is 2.35. The highest BCUT2D eigenvalue weighted by atomic mass is 79.9. The Morgan fingerprint density at radius 3 is 2.46 bits per heavy atom. The first-order valence-electron chi connectivity index (χ1n) is 9.66. The summed E-state index contributed by atoms with van der Waals surface area (Å²) in [7, 11) is 0. The van der Waals surface area contributed by atoms with Crippen LogP contribution in [0, 0.1) is 0 Å². The van der Waals surface area contributed by atoms with Gasteiger partial charge in [0.2, 0.25) is 0 Å². The maximum absolute atomic E-state index is 2.61. The summed E-state index contributed by atoms with van der Waals surface area (Å²) in [6.45, 7) is 8.20. The third-order valence-electron chi connectivity index (χ3n) is 5.82. The van der Waals surface area contributed by atoms with Crippen LogP contribution in [0.2, 0.25) is 0 Å². The standard InChI is InChI=1S/C23H29N2.BrH/c1-23(2)17-21(24-14-6-3-7-15-24)13-16-25(23)18-20-11-8-10-19-9-4-5-12-22(19)20;/h4-5,8-13,16H,3,6-7,14-15,17-18H2,1-2H3;1H/q+1;/p-1. The third kappa shape index (κ3) is 3.88. The lowest BCUT2D eigenvalue weighted by molar-refractivity contribution is -0.612. The van der Waals surface area contributed by atoms with Crippen LogP contribution >= 0.6 is 0 Å². The molecule has 0 radical (unpaired) electrons. The van der Waals surface area contributed by atoms with Gasteiger partial charge < -0.3 is 21.9 Å². The summed E-state index contributed by atoms with van der Waals surface area (Å²) >= 11 is 0. The van der Waals surface area contributed by atoms with Crippen molar-refractivity contribution in [3.63, 3.8) is 0 Å². The zero-order valence-electron chi connectivity index (χ0n) is 15.9. The summed E-state index contributed by atoms with van der Waals surface area (Å²) in [5.41, 5.74) is 3.09. The molecule has 0 amide bonds. The van der Waals surface area contributed by atoms with Gasteiger partial charge in [0, 0.05) is 44.3 Å². The Bertz CT molecular complexity index is 824. The van der Waals surface area contributed by atoms with Crippen LogP contribution in [0.25, 0.3) is 10.8 Å². The first kappa shape index (κ1) is 19.2. The molecule has 4 rings (SSSR count). The van der Waals surface area contributed by atoms with Crippen molar-refractivity contribution in [3.05, 3.63) is 59.8 Å². The lowest BCUT2D eigenvalue weighted by Gasteiger charge is -2.36. The SMILES string of the molecule is CC1(C)CC(N2CCCCC2)=CC=[N+]1Cc1cccc2ccccc12.[Br-]. The van der Waals surface area contributed by atoms with Gasteiger partial charge in [0.1, 0.15) is 0 Å². The van der Waals surface area contributed by atoms with Crippen LogP contribution in [0.1, 0.15) is 45.1 Å². The van der Waals surface area contributed by atoms with Gasteiger partial charge in [-0.2, -0.15) is 0 Å². The van der Waals surface area contributed by atoms with Gasteiger partial charge in [-0.25, -0.2) is 4.58 Å². The van der Waals surface area contributed by atoms with Crippen molar-refractivity contribution in [3.8, 4) is 0 Å². The molecule has 1 saturated heterocycles. The van der Waals surface area contributed by atoms with Crippen LogP contribution in [0.5, 0.6) is 0 Å². The molecule has 26 heavy (non-hydrogen) atoms. The number of nitrogens with zero attached hydrogens (tertiary/aromatic N) is 2. The van der Waals surface area contributed by atoms with E-state index < -0.39 is 0 Å². The van der Waals surface area contributed by atoms with Gasteiger partial charge in [0.15, 0.2) is 18.3 Å². The van der Waals surface area contributed by atoms with Gasteiger partial charge in [0.25, 0.3) is 0 Å². The molecule has 0 aromatic heterocycles. The molecule has 0 saturated carbocycles. The van der Waals surface area contributed by atoms with Crippen molar-refractivity contribution in [2.75, 3.05) is 13.1 Å². The average Bonchev–Trinajstić information content (AvgIpc) is 2.64. The van der Waals surface area contributed by atoms with Crippen LogP contribution in [0.4, 0.5) is 0 Å². The fraction of sp³-hybridized carbons (Fsp3) is 0.435. The number of hydrogen-bond acceptors (Lipinski definition) is 1. The van der Waals surface area contributed by atoms with E-state index in [1.165, 1.54) is 54.4 Å². The van der Waals surface area contributed by atoms with E-state index in [2.05, 4.69) is 78.1 Å². The largest absolute Gasteiger partial charge is 1.00 e. The minimum Gasteiger partial charge on any atom is -1.00 e. The normalized spacial score (nSPS) is 19.5. The van der Waals surface area contributed by atoms with E-state index in [0.29, 0.717) is 0 Å². The van der Waals surface area contributed by atoms with Gasteiger partial charge >= 0.3 is 0 Å². The predicted molar refractivity (Wildman–Crippen MR) is 106 cm³/mol. The maximum Gasteiger partial charge on any atom is 0.169 e. The van der Waals surface area contributed by atoms with Crippen molar-refractivity contribution in [2.24, 2.45) is 0 Å². The fourth-order valence-electron chi connectivity index (χ4n) is 4.26. The van der Waals surface area contributed by atoms with Gasteiger partial charge in [-0.15, -0.1) is 0 Å². The topological polar surface area (TPSA) is 6.25 Å². The molecule has 1 fully saturated rings. The van der Waals surface area contributed by atoms with E-state index >= 15 is 0 Å². The number of allylic oxidation sites excluding steroid dienone is 1. The van der Waals surface area contributed by atoms with Crippen LogP contribution in [0.15, 0.2) is 54.2 Å². The van der Waals surface area contributed by atoms with Gasteiger partial charge in [-0.05, 0) is 30.0 Å². The van der Waals surface area contributed by atoms with Gasteiger partial charge in [-0.1, -0.05) is 42.5 Å². The summed E-state index contributed by atoms with van der Waals surface area (Å²) in [4.78, 5) is 2.61. The Morgan fingerprint density at radius 1 is 0.962 bits per heavy atom. The molecule has 0 aliphatic carbocycles. The van der Waals surface area contributed by atoms with Crippen LogP contribution in [0.3, 0.4) is 0 Å². The summed E-state index contributed by atoms with van der Waals surface area (Å²) in [5, 5.41) is 2.71. The molecule has 0 atom stereocenters. The highest BCUT2D eigenvalue weighted by molar-refractivity contribution is 5.85. The molecule has 0 N–H and O–H groups in total. The molecular weight excluding hydrogens is 384 g/mol. The zero-order valence-corrected chi connectivity index (χ0v) is 17.5. The first-order chi connectivity index (χ1) is 12.1. The number of fused-ring (bicyclic) bond motifs is 1. The Kier molecular flexibility index (Phi) is 5.86. The fourth-order valence-corrected chi connectivity index (χ4v) is 4.26. The number of halogens is 1. The van der Waals surface area contributed by atoms with Crippen molar-refractivity contribution >= 4 is 17.0 Å². The lowest BCUT2D eigenvalue weighted by atomic mass is 9.92. The van der Waals surface area contributed by atoms with Crippen LogP contribution in [-0.2, 0) is 6.54 Å². The molecular formula is C23H29BrN2. The predicted octanol–water partition coefficient (Wildman–Crippen LogP) is 1.98. The second-order valence-corrected chi connectivity index (χ2v) is 8.11. The molecule has 2 aromatic rings. The highest BCUT2D eigenvalue weighted by Crippen LogP contribution is 2.29. The van der Waals surface area contributed by atoms with E-state index in [4.69, 9.17) is 0 Å². The molecule has 0 bridgehead atoms. The quantitative estimate of drug-likeness (QED) is 0.698. The van der Waals surface area contributed by atoms with E-state index in [1.54, 1.807) is 0 Å². The lowest BCUT2D eigenvalue weighted by Crippen LogP contribution is -3.00. The smallest absolute Gasteiger partial charge is 0.169 e. The number of rotatable bonds is 3. The molecule has 2 aliphatic rings. The van der Waals surface area contributed by atoms with E-state index in [0.717, 1.165) is 13.0 Å².